The zero-order valence-corrected chi connectivity index (χ0v) is 23.4. The Balaban J connectivity index is 1.44. The SMILES string of the molecule is COC1OC(C(C)C2CCC3(C)C4=C(CCC23C)C2(C)CCC(O)C(C)(C)C2CC4)CCC1C. The number of hydrogen-bond donors (Lipinski definition) is 1. The molecule has 10 unspecified atom stereocenters. The molecule has 10 atom stereocenters. The van der Waals surface area contributed by atoms with Crippen molar-refractivity contribution in [2.75, 3.05) is 7.11 Å². The Kier molecular flexibility index (Phi) is 6.18. The van der Waals surface area contributed by atoms with Gasteiger partial charge in [-0.1, -0.05) is 59.6 Å². The molecule has 1 saturated heterocycles. The fourth-order valence-corrected chi connectivity index (χ4v) is 10.4. The highest BCUT2D eigenvalue weighted by molar-refractivity contribution is 5.38. The molecule has 0 bridgehead atoms. The quantitative estimate of drug-likeness (QED) is 0.432. The molecule has 5 rings (SSSR count). The number of hydrogen-bond acceptors (Lipinski definition) is 3. The minimum Gasteiger partial charge on any atom is -0.393 e. The number of methoxy groups -OCH3 is 1. The Morgan fingerprint density at radius 3 is 2.35 bits per heavy atom. The molecule has 5 aliphatic rings. The number of aliphatic hydroxyl groups excluding tert-OH is 1. The smallest absolute Gasteiger partial charge is 0.160 e. The Hall–Kier alpha value is -0.380. The van der Waals surface area contributed by atoms with Crippen LogP contribution in [-0.4, -0.2) is 30.7 Å². The summed E-state index contributed by atoms with van der Waals surface area (Å²) >= 11 is 0. The lowest BCUT2D eigenvalue weighted by Crippen LogP contribution is -2.55. The van der Waals surface area contributed by atoms with E-state index in [1.807, 2.05) is 11.1 Å². The third-order valence-corrected chi connectivity index (χ3v) is 12.9. The molecular formula is C31H52O3. The molecule has 2 saturated carbocycles. The lowest BCUT2D eigenvalue weighted by atomic mass is 9.43. The van der Waals surface area contributed by atoms with Gasteiger partial charge in [0.1, 0.15) is 0 Å². The van der Waals surface area contributed by atoms with E-state index in [2.05, 4.69) is 48.5 Å². The van der Waals surface area contributed by atoms with Crippen LogP contribution in [0.1, 0.15) is 113 Å². The van der Waals surface area contributed by atoms with Crippen molar-refractivity contribution < 1.29 is 14.6 Å². The largest absolute Gasteiger partial charge is 0.393 e. The Labute approximate surface area is 209 Å². The van der Waals surface area contributed by atoms with Crippen molar-refractivity contribution in [2.24, 2.45) is 45.3 Å². The van der Waals surface area contributed by atoms with Crippen LogP contribution in [0.3, 0.4) is 0 Å². The van der Waals surface area contributed by atoms with Gasteiger partial charge in [-0.05, 0) is 104 Å². The first kappa shape index (κ1) is 25.3. The molecule has 1 heterocycles. The highest BCUT2D eigenvalue weighted by Gasteiger charge is 2.63. The molecular weight excluding hydrogens is 420 g/mol. The van der Waals surface area contributed by atoms with E-state index in [-0.39, 0.29) is 23.2 Å². The standard InChI is InChI=1S/C31H52O3/c1-19-9-11-24(34-27(19)33-8)20(2)21-13-17-31(7)23-10-12-25-28(3,4)26(32)15-16-29(25,5)22(23)14-18-30(21,31)6/h19-21,24-27,32H,9-18H2,1-8H3. The van der Waals surface area contributed by atoms with Gasteiger partial charge in [-0.2, -0.15) is 0 Å². The average molecular weight is 473 g/mol. The Morgan fingerprint density at radius 1 is 0.912 bits per heavy atom. The van der Waals surface area contributed by atoms with Gasteiger partial charge in [0.2, 0.25) is 0 Å². The minimum atomic E-state index is -0.150. The normalized spacial score (nSPS) is 51.4. The van der Waals surface area contributed by atoms with Crippen molar-refractivity contribution in [1.29, 1.82) is 0 Å². The molecule has 0 amide bonds. The van der Waals surface area contributed by atoms with E-state index in [4.69, 9.17) is 9.47 Å². The minimum absolute atomic E-state index is 0.0211. The molecule has 194 valence electrons. The predicted molar refractivity (Wildman–Crippen MR) is 138 cm³/mol. The van der Waals surface area contributed by atoms with Crippen LogP contribution >= 0.6 is 0 Å². The summed E-state index contributed by atoms with van der Waals surface area (Å²) in [4.78, 5) is 0. The predicted octanol–water partition coefficient (Wildman–Crippen LogP) is 7.52. The van der Waals surface area contributed by atoms with Crippen molar-refractivity contribution in [3.05, 3.63) is 11.1 Å². The van der Waals surface area contributed by atoms with E-state index in [0.717, 1.165) is 12.3 Å². The van der Waals surface area contributed by atoms with Gasteiger partial charge in [0.15, 0.2) is 6.29 Å². The zero-order chi connectivity index (χ0) is 24.7. The van der Waals surface area contributed by atoms with Gasteiger partial charge in [0, 0.05) is 13.0 Å². The van der Waals surface area contributed by atoms with Crippen LogP contribution < -0.4 is 0 Å². The first-order valence-corrected chi connectivity index (χ1v) is 14.5. The van der Waals surface area contributed by atoms with Crippen LogP contribution in [0, 0.1) is 45.3 Å². The molecule has 3 nitrogen and oxygen atoms in total. The topological polar surface area (TPSA) is 38.7 Å². The summed E-state index contributed by atoms with van der Waals surface area (Å²) in [6.45, 7) is 17.3. The van der Waals surface area contributed by atoms with E-state index in [1.54, 1.807) is 7.11 Å². The number of aliphatic hydroxyl groups is 1. The maximum atomic E-state index is 10.9. The molecule has 3 fully saturated rings. The first-order chi connectivity index (χ1) is 15.9. The fraction of sp³-hybridized carbons (Fsp3) is 0.935. The summed E-state index contributed by atoms with van der Waals surface area (Å²) in [5, 5.41) is 10.9. The average Bonchev–Trinajstić information content (AvgIpc) is 3.08. The summed E-state index contributed by atoms with van der Waals surface area (Å²) in [5.74, 6) is 2.40. The molecule has 0 spiro atoms. The van der Waals surface area contributed by atoms with E-state index >= 15 is 0 Å². The fourth-order valence-electron chi connectivity index (χ4n) is 10.4. The molecule has 0 aromatic carbocycles. The Bertz CT molecular complexity index is 831. The van der Waals surface area contributed by atoms with Crippen molar-refractivity contribution in [3.8, 4) is 0 Å². The number of allylic oxidation sites excluding steroid dienone is 2. The van der Waals surface area contributed by atoms with Crippen LogP contribution in [0.5, 0.6) is 0 Å². The van der Waals surface area contributed by atoms with Gasteiger partial charge in [-0.25, -0.2) is 0 Å². The lowest BCUT2D eigenvalue weighted by molar-refractivity contribution is -0.223. The summed E-state index contributed by atoms with van der Waals surface area (Å²) in [6.07, 6.45) is 12.4. The monoisotopic (exact) mass is 472 g/mol. The highest BCUT2D eigenvalue weighted by Crippen LogP contribution is 2.72. The van der Waals surface area contributed by atoms with Gasteiger partial charge in [0.25, 0.3) is 0 Å². The maximum absolute atomic E-state index is 10.9. The van der Waals surface area contributed by atoms with E-state index in [0.29, 0.717) is 34.7 Å². The lowest BCUT2D eigenvalue weighted by Gasteiger charge is -2.62. The molecule has 0 aromatic rings. The van der Waals surface area contributed by atoms with Crippen LogP contribution in [0.15, 0.2) is 11.1 Å². The second-order valence-electron chi connectivity index (χ2n) is 14.4. The Morgan fingerprint density at radius 2 is 1.65 bits per heavy atom. The molecule has 1 N–H and O–H groups in total. The number of fused-ring (bicyclic) bond motifs is 4. The van der Waals surface area contributed by atoms with E-state index < -0.39 is 0 Å². The highest BCUT2D eigenvalue weighted by atomic mass is 16.7. The number of ether oxygens (including phenoxy) is 2. The third kappa shape index (κ3) is 3.31. The van der Waals surface area contributed by atoms with Gasteiger partial charge < -0.3 is 14.6 Å². The van der Waals surface area contributed by atoms with Crippen molar-refractivity contribution in [1.82, 2.24) is 0 Å². The summed E-state index contributed by atoms with van der Waals surface area (Å²) < 4.78 is 12.3. The summed E-state index contributed by atoms with van der Waals surface area (Å²) in [7, 11) is 1.81. The molecule has 0 radical (unpaired) electrons. The van der Waals surface area contributed by atoms with Crippen molar-refractivity contribution >= 4 is 0 Å². The van der Waals surface area contributed by atoms with Gasteiger partial charge in [-0.15, -0.1) is 0 Å². The van der Waals surface area contributed by atoms with Crippen LogP contribution in [0.4, 0.5) is 0 Å². The molecule has 3 heteroatoms. The maximum Gasteiger partial charge on any atom is 0.160 e. The number of rotatable bonds is 3. The van der Waals surface area contributed by atoms with Gasteiger partial charge in [-0.3, -0.25) is 0 Å². The van der Waals surface area contributed by atoms with Gasteiger partial charge in [0.05, 0.1) is 12.2 Å². The van der Waals surface area contributed by atoms with Crippen LogP contribution in [-0.2, 0) is 9.47 Å². The van der Waals surface area contributed by atoms with Gasteiger partial charge >= 0.3 is 0 Å². The summed E-state index contributed by atoms with van der Waals surface area (Å²) in [6, 6.07) is 0. The third-order valence-electron chi connectivity index (χ3n) is 12.9. The molecule has 34 heavy (non-hydrogen) atoms. The second kappa shape index (κ2) is 8.32. The van der Waals surface area contributed by atoms with Crippen molar-refractivity contribution in [3.63, 3.8) is 0 Å². The molecule has 1 aliphatic heterocycles. The first-order valence-electron chi connectivity index (χ1n) is 14.5. The van der Waals surface area contributed by atoms with Crippen LogP contribution in [0.2, 0.25) is 0 Å². The molecule has 0 aromatic heterocycles. The van der Waals surface area contributed by atoms with Crippen LogP contribution in [0.25, 0.3) is 0 Å². The second-order valence-corrected chi connectivity index (χ2v) is 14.4. The van der Waals surface area contributed by atoms with Crippen molar-refractivity contribution in [2.45, 2.75) is 131 Å². The van der Waals surface area contributed by atoms with E-state index in [1.165, 1.54) is 57.8 Å². The zero-order valence-electron chi connectivity index (χ0n) is 23.4. The molecule has 4 aliphatic carbocycles. The summed E-state index contributed by atoms with van der Waals surface area (Å²) in [5.41, 5.74) is 4.63. The van der Waals surface area contributed by atoms with E-state index in [9.17, 15) is 5.11 Å².